The second-order valence-electron chi connectivity index (χ2n) is 4.11. The fraction of sp³-hybridized carbons (Fsp3) is 0.700. The summed E-state index contributed by atoms with van der Waals surface area (Å²) in [5.41, 5.74) is 8.56. The molecule has 78 valence electrons. The van der Waals surface area contributed by atoms with Crippen molar-refractivity contribution in [3.05, 3.63) is 17.0 Å². The summed E-state index contributed by atoms with van der Waals surface area (Å²) < 4.78 is 0. The molecule has 1 aromatic rings. The van der Waals surface area contributed by atoms with E-state index >= 15 is 0 Å². The van der Waals surface area contributed by atoms with Crippen LogP contribution in [-0.2, 0) is 6.42 Å². The van der Waals surface area contributed by atoms with E-state index in [-0.39, 0.29) is 6.10 Å². The van der Waals surface area contributed by atoms with Crippen molar-refractivity contribution >= 4 is 0 Å². The highest BCUT2D eigenvalue weighted by molar-refractivity contribution is 5.29. The number of aromatic nitrogens is 2. The molecule has 4 nitrogen and oxygen atoms in total. The molecule has 1 aliphatic carbocycles. The highest BCUT2D eigenvalue weighted by atomic mass is 16.3. The Morgan fingerprint density at radius 2 is 2.43 bits per heavy atom. The first kappa shape index (κ1) is 9.68. The molecule has 0 radical (unpaired) electrons. The number of aliphatic hydroxyl groups is 1. The Morgan fingerprint density at radius 3 is 3.14 bits per heavy atom. The van der Waals surface area contributed by atoms with Crippen molar-refractivity contribution in [2.75, 3.05) is 6.54 Å². The summed E-state index contributed by atoms with van der Waals surface area (Å²) in [5, 5.41) is 17.1. The number of H-pyrrole nitrogens is 1. The highest BCUT2D eigenvalue weighted by Crippen LogP contribution is 2.34. The average molecular weight is 195 g/mol. The van der Waals surface area contributed by atoms with E-state index in [1.54, 1.807) is 0 Å². The minimum Gasteiger partial charge on any atom is -0.388 e. The quantitative estimate of drug-likeness (QED) is 0.649. The molecule has 14 heavy (non-hydrogen) atoms. The zero-order chi connectivity index (χ0) is 10.1. The van der Waals surface area contributed by atoms with E-state index in [4.69, 9.17) is 5.73 Å². The van der Waals surface area contributed by atoms with Crippen molar-refractivity contribution in [3.63, 3.8) is 0 Å². The Morgan fingerprint density at radius 1 is 1.64 bits per heavy atom. The first-order valence-corrected chi connectivity index (χ1v) is 5.14. The van der Waals surface area contributed by atoms with Crippen LogP contribution in [0.1, 0.15) is 35.9 Å². The van der Waals surface area contributed by atoms with E-state index in [9.17, 15) is 5.11 Å². The molecular weight excluding hydrogens is 178 g/mol. The maximum atomic E-state index is 9.93. The molecule has 0 aliphatic heterocycles. The Balaban J connectivity index is 2.21. The van der Waals surface area contributed by atoms with Crippen LogP contribution in [0, 0.1) is 12.8 Å². The predicted molar refractivity (Wildman–Crippen MR) is 53.8 cm³/mol. The number of fused-ring (bicyclic) bond motifs is 1. The van der Waals surface area contributed by atoms with Crippen LogP contribution in [0.2, 0.25) is 0 Å². The molecule has 2 rings (SSSR count). The molecular formula is C10H17N3O. The topological polar surface area (TPSA) is 74.9 Å². The number of hydrogen-bond donors (Lipinski definition) is 3. The van der Waals surface area contributed by atoms with E-state index in [1.165, 1.54) is 0 Å². The lowest BCUT2D eigenvalue weighted by Crippen LogP contribution is -2.21. The normalized spacial score (nSPS) is 26.2. The number of rotatable bonds is 2. The summed E-state index contributed by atoms with van der Waals surface area (Å²) in [6, 6.07) is 0. The number of aromatic amines is 1. The zero-order valence-corrected chi connectivity index (χ0v) is 8.45. The molecule has 0 spiro atoms. The standard InChI is InChI=1S/C10H17N3O/c1-6-10-8(13-12-6)4-7(2-3-11)5-9(10)14/h7,9,14H,2-5,11H2,1H3,(H,12,13). The van der Waals surface area contributed by atoms with Crippen LogP contribution in [0.5, 0.6) is 0 Å². The van der Waals surface area contributed by atoms with Gasteiger partial charge in [0.25, 0.3) is 0 Å². The van der Waals surface area contributed by atoms with Crippen molar-refractivity contribution in [1.82, 2.24) is 10.2 Å². The Hall–Kier alpha value is -0.870. The van der Waals surface area contributed by atoms with Gasteiger partial charge in [0.15, 0.2) is 0 Å². The summed E-state index contributed by atoms with van der Waals surface area (Å²) >= 11 is 0. The second kappa shape index (κ2) is 3.71. The highest BCUT2D eigenvalue weighted by Gasteiger charge is 2.28. The Labute approximate surface area is 83.5 Å². The van der Waals surface area contributed by atoms with Gasteiger partial charge in [-0.15, -0.1) is 0 Å². The Bertz CT molecular complexity index is 321. The van der Waals surface area contributed by atoms with Crippen LogP contribution >= 0.6 is 0 Å². The van der Waals surface area contributed by atoms with Crippen LogP contribution in [0.15, 0.2) is 0 Å². The molecule has 2 unspecified atom stereocenters. The van der Waals surface area contributed by atoms with Crippen LogP contribution in [0.25, 0.3) is 0 Å². The van der Waals surface area contributed by atoms with E-state index in [0.29, 0.717) is 12.5 Å². The fourth-order valence-corrected chi connectivity index (χ4v) is 2.33. The first-order valence-electron chi connectivity index (χ1n) is 5.14. The van der Waals surface area contributed by atoms with Crippen molar-refractivity contribution in [3.8, 4) is 0 Å². The molecule has 1 heterocycles. The largest absolute Gasteiger partial charge is 0.388 e. The van der Waals surface area contributed by atoms with Crippen molar-refractivity contribution in [2.45, 2.75) is 32.3 Å². The molecule has 0 aromatic carbocycles. The number of aliphatic hydroxyl groups excluding tert-OH is 1. The lowest BCUT2D eigenvalue weighted by Gasteiger charge is -2.25. The van der Waals surface area contributed by atoms with E-state index in [2.05, 4.69) is 10.2 Å². The van der Waals surface area contributed by atoms with Crippen LogP contribution in [-0.4, -0.2) is 21.8 Å². The molecule has 2 atom stereocenters. The van der Waals surface area contributed by atoms with Gasteiger partial charge in [0, 0.05) is 11.3 Å². The summed E-state index contributed by atoms with van der Waals surface area (Å²) in [5.74, 6) is 0.491. The van der Waals surface area contributed by atoms with E-state index < -0.39 is 0 Å². The molecule has 1 aliphatic rings. The molecule has 0 saturated carbocycles. The molecule has 4 N–H and O–H groups in total. The predicted octanol–water partition coefficient (Wildman–Crippen LogP) is 0.663. The van der Waals surface area contributed by atoms with Crippen molar-refractivity contribution < 1.29 is 5.11 Å². The molecule has 1 aromatic heterocycles. The van der Waals surface area contributed by atoms with Crippen LogP contribution in [0.3, 0.4) is 0 Å². The minimum absolute atomic E-state index is 0.353. The average Bonchev–Trinajstić information content (AvgIpc) is 2.48. The van der Waals surface area contributed by atoms with Crippen LogP contribution in [0.4, 0.5) is 0 Å². The van der Waals surface area contributed by atoms with Crippen molar-refractivity contribution in [2.24, 2.45) is 11.7 Å². The lowest BCUT2D eigenvalue weighted by molar-refractivity contribution is 0.129. The first-order chi connectivity index (χ1) is 6.72. The van der Waals surface area contributed by atoms with Gasteiger partial charge in [0.05, 0.1) is 11.8 Å². The summed E-state index contributed by atoms with van der Waals surface area (Å²) in [6.07, 6.45) is 2.40. The van der Waals surface area contributed by atoms with Gasteiger partial charge >= 0.3 is 0 Å². The minimum atomic E-state index is -0.353. The maximum Gasteiger partial charge on any atom is 0.0828 e. The Kier molecular flexibility index (Phi) is 2.56. The summed E-state index contributed by atoms with van der Waals surface area (Å²) in [4.78, 5) is 0. The molecule has 0 saturated heterocycles. The third kappa shape index (κ3) is 1.55. The molecule has 0 fully saturated rings. The van der Waals surface area contributed by atoms with Gasteiger partial charge in [-0.2, -0.15) is 5.10 Å². The monoisotopic (exact) mass is 195 g/mol. The number of aryl methyl sites for hydroxylation is 1. The fourth-order valence-electron chi connectivity index (χ4n) is 2.33. The summed E-state index contributed by atoms with van der Waals surface area (Å²) in [6.45, 7) is 2.65. The van der Waals surface area contributed by atoms with Crippen LogP contribution < -0.4 is 5.73 Å². The van der Waals surface area contributed by atoms with Gasteiger partial charge in [0.2, 0.25) is 0 Å². The van der Waals surface area contributed by atoms with Gasteiger partial charge in [-0.3, -0.25) is 5.10 Å². The number of hydrogen-bond acceptors (Lipinski definition) is 3. The van der Waals surface area contributed by atoms with E-state index in [0.717, 1.165) is 36.2 Å². The molecule has 0 bridgehead atoms. The molecule has 0 amide bonds. The number of nitrogens with two attached hydrogens (primary N) is 1. The number of nitrogens with one attached hydrogen (secondary N) is 1. The van der Waals surface area contributed by atoms with Gasteiger partial charge in [-0.1, -0.05) is 0 Å². The van der Waals surface area contributed by atoms with Gasteiger partial charge in [-0.05, 0) is 38.6 Å². The van der Waals surface area contributed by atoms with E-state index in [1.807, 2.05) is 6.92 Å². The SMILES string of the molecule is Cc1[nH]nc2c1C(O)CC(CCN)C2. The van der Waals surface area contributed by atoms with Crippen molar-refractivity contribution in [1.29, 1.82) is 0 Å². The van der Waals surface area contributed by atoms with Gasteiger partial charge in [-0.25, -0.2) is 0 Å². The van der Waals surface area contributed by atoms with Gasteiger partial charge < -0.3 is 10.8 Å². The smallest absolute Gasteiger partial charge is 0.0828 e. The third-order valence-electron chi connectivity index (χ3n) is 3.02. The molecule has 4 heteroatoms. The zero-order valence-electron chi connectivity index (χ0n) is 8.45. The maximum absolute atomic E-state index is 9.93. The van der Waals surface area contributed by atoms with Gasteiger partial charge in [0.1, 0.15) is 0 Å². The summed E-state index contributed by atoms with van der Waals surface area (Å²) in [7, 11) is 0. The number of nitrogens with zero attached hydrogens (tertiary/aromatic N) is 1. The third-order valence-corrected chi connectivity index (χ3v) is 3.02. The second-order valence-corrected chi connectivity index (χ2v) is 4.11. The lowest BCUT2D eigenvalue weighted by atomic mass is 9.83.